The Morgan fingerprint density at radius 1 is 1.04 bits per heavy atom. The molecule has 0 fully saturated rings. The molecule has 2 aromatic carbocycles. The number of benzene rings is 2. The molecule has 2 heterocycles. The van der Waals surface area contributed by atoms with Crippen molar-refractivity contribution < 1.29 is 4.79 Å². The van der Waals surface area contributed by atoms with E-state index < -0.39 is 0 Å². The maximum atomic E-state index is 12.6. The maximum Gasteiger partial charge on any atom is 0.274 e. The van der Waals surface area contributed by atoms with Crippen LogP contribution in [0.15, 0.2) is 60.9 Å². The summed E-state index contributed by atoms with van der Waals surface area (Å²) in [6.07, 6.45) is 2.43. The first kappa shape index (κ1) is 18.0. The minimum Gasteiger partial charge on any atom is -0.378 e. The zero-order chi connectivity index (χ0) is 19.5. The smallest absolute Gasteiger partial charge is 0.274 e. The van der Waals surface area contributed by atoms with Gasteiger partial charge in [-0.1, -0.05) is 24.3 Å². The van der Waals surface area contributed by atoms with E-state index in [1.54, 1.807) is 6.07 Å². The highest BCUT2D eigenvalue weighted by Gasteiger charge is 2.18. The number of aromatic nitrogens is 2. The van der Waals surface area contributed by atoms with E-state index in [1.165, 1.54) is 17.5 Å². The van der Waals surface area contributed by atoms with Crippen LogP contribution in [-0.4, -0.2) is 36.5 Å². The molecule has 0 saturated heterocycles. The van der Waals surface area contributed by atoms with Crippen LogP contribution >= 0.6 is 0 Å². The van der Waals surface area contributed by atoms with Gasteiger partial charge < -0.3 is 15.1 Å². The lowest BCUT2D eigenvalue weighted by Gasteiger charge is -2.29. The number of rotatable bonds is 4. The van der Waals surface area contributed by atoms with Crippen molar-refractivity contribution in [2.75, 3.05) is 35.8 Å². The number of carbonyl (C=O) groups excluding carboxylic acids is 1. The van der Waals surface area contributed by atoms with E-state index in [2.05, 4.69) is 44.5 Å². The van der Waals surface area contributed by atoms with Gasteiger partial charge in [0, 0.05) is 44.6 Å². The monoisotopic (exact) mass is 373 g/mol. The Hall–Kier alpha value is -3.41. The second-order valence-electron chi connectivity index (χ2n) is 7.10. The van der Waals surface area contributed by atoms with E-state index in [9.17, 15) is 4.79 Å². The van der Waals surface area contributed by atoms with Crippen molar-refractivity contribution in [3.05, 3.63) is 77.7 Å². The predicted molar refractivity (Wildman–Crippen MR) is 112 cm³/mol. The normalized spacial score (nSPS) is 13.0. The van der Waals surface area contributed by atoms with Crippen molar-refractivity contribution in [1.29, 1.82) is 0 Å². The first-order valence-corrected chi connectivity index (χ1v) is 9.33. The molecule has 0 spiro atoms. The van der Waals surface area contributed by atoms with Gasteiger partial charge in [-0.05, 0) is 41.8 Å². The van der Waals surface area contributed by atoms with Gasteiger partial charge in [0.1, 0.15) is 17.8 Å². The fourth-order valence-corrected chi connectivity index (χ4v) is 3.37. The second-order valence-corrected chi connectivity index (χ2v) is 7.10. The molecule has 1 aromatic heterocycles. The van der Waals surface area contributed by atoms with Gasteiger partial charge in [0.25, 0.3) is 5.91 Å². The van der Waals surface area contributed by atoms with E-state index >= 15 is 0 Å². The van der Waals surface area contributed by atoms with Crippen LogP contribution in [-0.2, 0) is 13.0 Å². The molecule has 0 aliphatic carbocycles. The molecule has 6 heteroatoms. The summed E-state index contributed by atoms with van der Waals surface area (Å²) in [5.41, 5.74) is 4.86. The van der Waals surface area contributed by atoms with Crippen molar-refractivity contribution in [2.45, 2.75) is 13.0 Å². The molecule has 0 saturated carbocycles. The Kier molecular flexibility index (Phi) is 4.93. The van der Waals surface area contributed by atoms with Crippen LogP contribution < -0.4 is 15.1 Å². The number of hydrogen-bond donors (Lipinski definition) is 1. The third-order valence-corrected chi connectivity index (χ3v) is 4.98. The van der Waals surface area contributed by atoms with E-state index in [-0.39, 0.29) is 5.91 Å². The minimum absolute atomic E-state index is 0.237. The molecule has 0 atom stereocenters. The maximum absolute atomic E-state index is 12.6. The zero-order valence-electron chi connectivity index (χ0n) is 16.1. The molecule has 3 aromatic rings. The Labute approximate surface area is 164 Å². The lowest BCUT2D eigenvalue weighted by molar-refractivity contribution is 0.102. The van der Waals surface area contributed by atoms with Gasteiger partial charge in [-0.3, -0.25) is 4.79 Å². The number of hydrogen-bond acceptors (Lipinski definition) is 5. The lowest BCUT2D eigenvalue weighted by Crippen LogP contribution is -2.31. The van der Waals surface area contributed by atoms with E-state index in [1.807, 2.05) is 43.3 Å². The number of anilines is 3. The van der Waals surface area contributed by atoms with E-state index in [4.69, 9.17) is 0 Å². The molecule has 0 bridgehead atoms. The molecule has 0 radical (unpaired) electrons. The summed E-state index contributed by atoms with van der Waals surface area (Å²) in [6.45, 7) is 1.67. The number of fused-ring (bicyclic) bond motifs is 1. The summed E-state index contributed by atoms with van der Waals surface area (Å²) >= 11 is 0. The molecular weight excluding hydrogens is 350 g/mol. The second kappa shape index (κ2) is 7.68. The highest BCUT2D eigenvalue weighted by atomic mass is 16.1. The number of nitrogens with zero attached hydrogens (tertiary/aromatic N) is 4. The topological polar surface area (TPSA) is 61.4 Å². The Morgan fingerprint density at radius 3 is 2.54 bits per heavy atom. The van der Waals surface area contributed by atoms with Gasteiger partial charge in [0.2, 0.25) is 0 Å². The van der Waals surface area contributed by atoms with Gasteiger partial charge in [0.05, 0.1) is 0 Å². The molecule has 0 unspecified atom stereocenters. The fourth-order valence-electron chi connectivity index (χ4n) is 3.37. The number of nitrogens with one attached hydrogen (secondary N) is 1. The molecule has 1 aliphatic heterocycles. The summed E-state index contributed by atoms with van der Waals surface area (Å²) in [5, 5.41) is 2.90. The molecule has 142 valence electrons. The number of carbonyl (C=O) groups is 1. The largest absolute Gasteiger partial charge is 0.378 e. The van der Waals surface area contributed by atoms with Gasteiger partial charge >= 0.3 is 0 Å². The summed E-state index contributed by atoms with van der Waals surface area (Å²) < 4.78 is 0. The van der Waals surface area contributed by atoms with Crippen molar-refractivity contribution in [3.63, 3.8) is 0 Å². The van der Waals surface area contributed by atoms with Gasteiger partial charge in [-0.15, -0.1) is 0 Å². The van der Waals surface area contributed by atoms with Crippen molar-refractivity contribution >= 4 is 23.1 Å². The lowest BCUT2D eigenvalue weighted by atomic mass is 10.00. The average molecular weight is 373 g/mol. The quantitative estimate of drug-likeness (QED) is 0.760. The van der Waals surface area contributed by atoms with E-state index in [0.717, 1.165) is 36.7 Å². The first-order chi connectivity index (χ1) is 13.6. The average Bonchev–Trinajstić information content (AvgIpc) is 2.74. The predicted octanol–water partition coefficient (Wildman–Crippen LogP) is 3.36. The SMILES string of the molecule is CN(C)c1ccc(NC(=O)c2cc(N3CCc4ccccc4C3)ncn2)cc1. The van der Waals surface area contributed by atoms with Crippen molar-refractivity contribution in [1.82, 2.24) is 9.97 Å². The summed E-state index contributed by atoms with van der Waals surface area (Å²) in [6, 6.07) is 17.9. The van der Waals surface area contributed by atoms with E-state index in [0.29, 0.717) is 5.69 Å². The third-order valence-electron chi connectivity index (χ3n) is 4.98. The Bertz CT molecular complexity index is 984. The van der Waals surface area contributed by atoms with Crippen LogP contribution in [0.25, 0.3) is 0 Å². The van der Waals surface area contributed by atoms with Crippen molar-refractivity contribution in [3.8, 4) is 0 Å². The van der Waals surface area contributed by atoms with Crippen LogP contribution in [0.3, 0.4) is 0 Å². The molecule has 4 rings (SSSR count). The zero-order valence-corrected chi connectivity index (χ0v) is 16.1. The Morgan fingerprint density at radius 2 is 1.79 bits per heavy atom. The molecule has 1 aliphatic rings. The Balaban J connectivity index is 1.48. The van der Waals surface area contributed by atoms with Gasteiger partial charge in [0.15, 0.2) is 0 Å². The molecule has 1 N–H and O–H groups in total. The standard InChI is InChI=1S/C22H23N5O/c1-26(2)19-9-7-18(8-10-19)25-22(28)20-13-21(24-15-23-20)27-12-11-16-5-3-4-6-17(16)14-27/h3-10,13,15H,11-12,14H2,1-2H3,(H,25,28). The number of amides is 1. The fraction of sp³-hybridized carbons (Fsp3) is 0.227. The first-order valence-electron chi connectivity index (χ1n) is 9.33. The van der Waals surface area contributed by atoms with Crippen LogP contribution in [0.2, 0.25) is 0 Å². The van der Waals surface area contributed by atoms with Crippen LogP contribution in [0.5, 0.6) is 0 Å². The van der Waals surface area contributed by atoms with Crippen LogP contribution in [0, 0.1) is 0 Å². The third kappa shape index (κ3) is 3.81. The highest BCUT2D eigenvalue weighted by molar-refractivity contribution is 6.03. The van der Waals surface area contributed by atoms with Gasteiger partial charge in [-0.25, -0.2) is 9.97 Å². The molecule has 28 heavy (non-hydrogen) atoms. The molecule has 1 amide bonds. The van der Waals surface area contributed by atoms with Crippen LogP contribution in [0.4, 0.5) is 17.2 Å². The highest BCUT2D eigenvalue weighted by Crippen LogP contribution is 2.23. The molecular formula is C22H23N5O. The minimum atomic E-state index is -0.237. The summed E-state index contributed by atoms with van der Waals surface area (Å²) in [4.78, 5) is 25.4. The molecule has 6 nitrogen and oxygen atoms in total. The summed E-state index contributed by atoms with van der Waals surface area (Å²) in [5.74, 6) is 0.538. The van der Waals surface area contributed by atoms with Gasteiger partial charge in [-0.2, -0.15) is 0 Å². The van der Waals surface area contributed by atoms with Crippen molar-refractivity contribution in [2.24, 2.45) is 0 Å². The summed E-state index contributed by atoms with van der Waals surface area (Å²) in [7, 11) is 3.96. The van der Waals surface area contributed by atoms with Crippen LogP contribution in [0.1, 0.15) is 21.6 Å².